The summed E-state index contributed by atoms with van der Waals surface area (Å²) in [5, 5.41) is 0. The predicted octanol–water partition coefficient (Wildman–Crippen LogP) is 3.06. The lowest BCUT2D eigenvalue weighted by atomic mass is 9.88. The van der Waals surface area contributed by atoms with Gasteiger partial charge in [-0.2, -0.15) is 0 Å². The van der Waals surface area contributed by atoms with Crippen molar-refractivity contribution in [1.82, 2.24) is 24.3 Å². The van der Waals surface area contributed by atoms with E-state index in [2.05, 4.69) is 61.6 Å². The fourth-order valence-corrected chi connectivity index (χ4v) is 5.73. The zero-order valence-corrected chi connectivity index (χ0v) is 18.7. The zero-order chi connectivity index (χ0) is 21.2. The van der Waals surface area contributed by atoms with Crippen molar-refractivity contribution >= 4 is 5.91 Å². The Balaban J connectivity index is 1.25. The van der Waals surface area contributed by atoms with Gasteiger partial charge in [0.2, 0.25) is 5.91 Å². The molecule has 0 radical (unpaired) electrons. The molecule has 3 fully saturated rings. The van der Waals surface area contributed by atoms with Gasteiger partial charge in [-0.15, -0.1) is 0 Å². The Morgan fingerprint density at radius 1 is 0.968 bits per heavy atom. The highest BCUT2D eigenvalue weighted by molar-refractivity contribution is 5.83. The first kappa shape index (κ1) is 20.7. The minimum absolute atomic E-state index is 0.126. The second-order valence-electron chi connectivity index (χ2n) is 9.40. The third-order valence-corrected chi connectivity index (χ3v) is 7.60. The average Bonchev–Trinajstić information content (AvgIpc) is 3.20. The number of aromatic nitrogens is 2. The van der Waals surface area contributed by atoms with Crippen molar-refractivity contribution in [3.05, 3.63) is 54.1 Å². The Bertz CT molecular complexity index is 867. The first-order valence-corrected chi connectivity index (χ1v) is 12.0. The molecule has 6 nitrogen and oxygen atoms in total. The van der Waals surface area contributed by atoms with Crippen LogP contribution in [0, 0.1) is 0 Å². The van der Waals surface area contributed by atoms with Crippen LogP contribution < -0.4 is 0 Å². The monoisotopic (exact) mass is 421 g/mol. The van der Waals surface area contributed by atoms with Gasteiger partial charge in [-0.1, -0.05) is 49.6 Å². The number of amides is 1. The van der Waals surface area contributed by atoms with Crippen LogP contribution in [0.1, 0.15) is 56.0 Å². The quantitative estimate of drug-likeness (QED) is 0.744. The smallest absolute Gasteiger partial charge is 0.240 e. The first-order chi connectivity index (χ1) is 15.2. The highest BCUT2D eigenvalue weighted by Crippen LogP contribution is 2.32. The van der Waals surface area contributed by atoms with E-state index in [1.54, 1.807) is 0 Å². The summed E-state index contributed by atoms with van der Waals surface area (Å²) in [7, 11) is 2.06. The van der Waals surface area contributed by atoms with Gasteiger partial charge in [0, 0.05) is 58.2 Å². The maximum Gasteiger partial charge on any atom is 0.240 e. The fraction of sp³-hybridized carbons (Fsp3) is 0.600. The van der Waals surface area contributed by atoms with Crippen LogP contribution in [0.5, 0.6) is 0 Å². The van der Waals surface area contributed by atoms with Crippen molar-refractivity contribution in [3.63, 3.8) is 0 Å². The fourth-order valence-electron chi connectivity index (χ4n) is 5.73. The van der Waals surface area contributed by atoms with Gasteiger partial charge in [0.15, 0.2) is 0 Å². The van der Waals surface area contributed by atoms with Crippen molar-refractivity contribution < 1.29 is 4.79 Å². The molecule has 2 atom stereocenters. The molecule has 3 aliphatic rings. The lowest BCUT2D eigenvalue weighted by molar-refractivity contribution is -0.146. The minimum Gasteiger partial charge on any atom is -0.339 e. The van der Waals surface area contributed by atoms with E-state index in [4.69, 9.17) is 0 Å². The number of rotatable bonds is 5. The number of aryl methyl sites for hydroxylation is 1. The van der Waals surface area contributed by atoms with Crippen molar-refractivity contribution in [3.8, 4) is 0 Å². The van der Waals surface area contributed by atoms with Gasteiger partial charge in [0.25, 0.3) is 0 Å². The van der Waals surface area contributed by atoms with Gasteiger partial charge in [-0.05, 0) is 24.8 Å². The number of carbonyl (C=O) groups excluding carboxylic acids is 1. The molecule has 0 N–H and O–H groups in total. The van der Waals surface area contributed by atoms with Crippen LogP contribution in [0.25, 0.3) is 0 Å². The molecule has 1 aromatic carbocycles. The molecule has 2 aliphatic heterocycles. The second-order valence-corrected chi connectivity index (χ2v) is 9.40. The van der Waals surface area contributed by atoms with E-state index in [-0.39, 0.29) is 12.1 Å². The molecule has 0 spiro atoms. The Hall–Kier alpha value is -2.18. The lowest BCUT2D eigenvalue weighted by Crippen LogP contribution is -2.62. The zero-order valence-electron chi connectivity index (χ0n) is 18.7. The van der Waals surface area contributed by atoms with Gasteiger partial charge in [-0.25, -0.2) is 4.98 Å². The van der Waals surface area contributed by atoms with Gasteiger partial charge in [-0.3, -0.25) is 14.6 Å². The molecular formula is C25H35N5O. The standard InChI is InChI=1S/C25H35N5O/c1-27-15-13-26-24(27)23(20-8-4-2-5-9-20)28-16-18-29(19-17-28)25(31)22-12-14-30(22)21-10-6-3-7-11-21/h2,4-5,8-9,13,15,21-23H,3,6-7,10-12,14,16-19H2,1H3/t22-,23+/m0/s1. The number of benzene rings is 1. The van der Waals surface area contributed by atoms with Crippen LogP contribution >= 0.6 is 0 Å². The summed E-state index contributed by atoms with van der Waals surface area (Å²) in [6.07, 6.45) is 11.5. The summed E-state index contributed by atoms with van der Waals surface area (Å²) >= 11 is 0. The average molecular weight is 422 g/mol. The second kappa shape index (κ2) is 9.13. The number of hydrogen-bond donors (Lipinski definition) is 0. The van der Waals surface area contributed by atoms with Crippen LogP contribution in [0.2, 0.25) is 0 Å². The van der Waals surface area contributed by atoms with E-state index < -0.39 is 0 Å². The molecule has 3 heterocycles. The van der Waals surface area contributed by atoms with Gasteiger partial charge < -0.3 is 9.47 Å². The van der Waals surface area contributed by atoms with E-state index in [1.807, 2.05) is 12.4 Å². The number of carbonyl (C=O) groups is 1. The van der Waals surface area contributed by atoms with E-state index in [1.165, 1.54) is 37.7 Å². The molecule has 1 aromatic heterocycles. The van der Waals surface area contributed by atoms with Crippen LogP contribution in [0.15, 0.2) is 42.7 Å². The Morgan fingerprint density at radius 3 is 2.32 bits per heavy atom. The van der Waals surface area contributed by atoms with E-state index in [0.29, 0.717) is 11.9 Å². The van der Waals surface area contributed by atoms with Crippen molar-refractivity contribution in [2.45, 2.75) is 56.7 Å². The molecule has 6 heteroatoms. The first-order valence-electron chi connectivity index (χ1n) is 12.0. The minimum atomic E-state index is 0.126. The van der Waals surface area contributed by atoms with Gasteiger partial charge in [0.05, 0.1) is 12.1 Å². The highest BCUT2D eigenvalue weighted by atomic mass is 16.2. The molecular weight excluding hydrogens is 386 g/mol. The summed E-state index contributed by atoms with van der Waals surface area (Å²) in [6.45, 7) is 4.49. The predicted molar refractivity (Wildman–Crippen MR) is 122 cm³/mol. The maximum atomic E-state index is 13.3. The molecule has 2 aromatic rings. The van der Waals surface area contributed by atoms with Crippen molar-refractivity contribution in [2.24, 2.45) is 7.05 Å². The molecule has 5 rings (SSSR count). The summed E-state index contributed by atoms with van der Waals surface area (Å²) in [5.41, 5.74) is 1.26. The topological polar surface area (TPSA) is 44.6 Å². The van der Waals surface area contributed by atoms with Crippen molar-refractivity contribution in [1.29, 1.82) is 0 Å². The number of likely N-dealkylation sites (tertiary alicyclic amines) is 1. The molecule has 1 aliphatic carbocycles. The van der Waals surface area contributed by atoms with Crippen LogP contribution in [0.3, 0.4) is 0 Å². The molecule has 0 unspecified atom stereocenters. The summed E-state index contributed by atoms with van der Waals surface area (Å²) < 4.78 is 2.12. The molecule has 31 heavy (non-hydrogen) atoms. The van der Waals surface area contributed by atoms with E-state index >= 15 is 0 Å². The largest absolute Gasteiger partial charge is 0.339 e. The summed E-state index contributed by atoms with van der Waals surface area (Å²) in [4.78, 5) is 25.1. The molecule has 0 bridgehead atoms. The SMILES string of the molecule is Cn1ccnc1[C@@H](c1ccccc1)N1CCN(C(=O)[C@@H]2CCN2C2CCCCC2)CC1. The van der Waals surface area contributed by atoms with E-state index in [9.17, 15) is 4.79 Å². The van der Waals surface area contributed by atoms with Crippen LogP contribution in [-0.2, 0) is 11.8 Å². The van der Waals surface area contributed by atoms with Crippen molar-refractivity contribution in [2.75, 3.05) is 32.7 Å². The maximum absolute atomic E-state index is 13.3. The number of imidazole rings is 1. The summed E-state index contributed by atoms with van der Waals surface area (Å²) in [5.74, 6) is 1.43. The lowest BCUT2D eigenvalue weighted by Gasteiger charge is -2.49. The normalized spacial score (nSPS) is 24.7. The molecule has 1 amide bonds. The molecule has 2 saturated heterocycles. The number of hydrogen-bond acceptors (Lipinski definition) is 4. The molecule has 166 valence electrons. The molecule has 1 saturated carbocycles. The van der Waals surface area contributed by atoms with E-state index in [0.717, 1.165) is 45.0 Å². The summed E-state index contributed by atoms with van der Waals surface area (Å²) in [6, 6.07) is 11.5. The van der Waals surface area contributed by atoms with Crippen LogP contribution in [-0.4, -0.2) is 75.0 Å². The third-order valence-electron chi connectivity index (χ3n) is 7.60. The third kappa shape index (κ3) is 4.15. The Labute approximate surface area is 185 Å². The Morgan fingerprint density at radius 2 is 1.71 bits per heavy atom. The number of nitrogens with zero attached hydrogens (tertiary/aromatic N) is 5. The Kier molecular flexibility index (Phi) is 6.10. The van der Waals surface area contributed by atoms with Gasteiger partial charge >= 0.3 is 0 Å². The number of piperazine rings is 1. The highest BCUT2D eigenvalue weighted by Gasteiger charge is 2.41. The van der Waals surface area contributed by atoms with Crippen LogP contribution in [0.4, 0.5) is 0 Å². The van der Waals surface area contributed by atoms with Gasteiger partial charge in [0.1, 0.15) is 5.82 Å².